The maximum atomic E-state index is 6.13. The zero-order valence-electron chi connectivity index (χ0n) is 9.31. The molecule has 0 atom stereocenters. The average Bonchev–Trinajstić information content (AvgIpc) is 2.23. The minimum atomic E-state index is 0.804. The molecule has 0 amide bonds. The predicted molar refractivity (Wildman–Crippen MR) is 65.7 cm³/mol. The topological polar surface area (TPSA) is 37.0 Å². The van der Waals surface area contributed by atoms with Crippen LogP contribution in [0.3, 0.4) is 0 Å². The van der Waals surface area contributed by atoms with Crippen LogP contribution in [0.4, 0.5) is 5.82 Å². The summed E-state index contributed by atoms with van der Waals surface area (Å²) in [6.07, 6.45) is 3.78. The highest BCUT2D eigenvalue weighted by molar-refractivity contribution is 6.31. The van der Waals surface area contributed by atoms with Crippen molar-refractivity contribution in [2.75, 3.05) is 25.5 Å². The second-order valence-corrected chi connectivity index (χ2v) is 3.81. The molecule has 0 spiro atoms. The zero-order chi connectivity index (χ0) is 11.1. The van der Waals surface area contributed by atoms with E-state index in [0.29, 0.717) is 0 Å². The third-order valence-electron chi connectivity index (χ3n) is 2.17. The molecular weight excluding hydrogens is 210 g/mol. The number of rotatable bonds is 6. The van der Waals surface area contributed by atoms with E-state index in [-0.39, 0.29) is 0 Å². The largest absolute Gasteiger partial charge is 0.369 e. The van der Waals surface area contributed by atoms with Crippen LogP contribution in [0.5, 0.6) is 0 Å². The van der Waals surface area contributed by atoms with Gasteiger partial charge in [0.05, 0.1) is 0 Å². The van der Waals surface area contributed by atoms with Gasteiger partial charge in [-0.05, 0) is 19.5 Å². The van der Waals surface area contributed by atoms with E-state index in [1.807, 2.05) is 13.1 Å². The lowest BCUT2D eigenvalue weighted by atomic mass is 10.1. The van der Waals surface area contributed by atoms with Crippen molar-refractivity contribution < 1.29 is 0 Å². The van der Waals surface area contributed by atoms with E-state index in [2.05, 4.69) is 22.5 Å². The quantitative estimate of drug-likeness (QED) is 0.733. The number of anilines is 1. The number of hydrogen-bond acceptors (Lipinski definition) is 3. The number of nitrogens with one attached hydrogen (secondary N) is 2. The Bertz CT molecular complexity index is 302. The molecule has 0 aliphatic heterocycles. The van der Waals surface area contributed by atoms with E-state index < -0.39 is 0 Å². The monoisotopic (exact) mass is 227 g/mol. The standard InChI is InChI=1S/C11H18ClN3/c1-3-4-9-10(12)5-6-14-11(9)15-8-7-13-2/h5-6,13H,3-4,7-8H2,1-2H3,(H,14,15). The second kappa shape index (κ2) is 6.64. The summed E-state index contributed by atoms with van der Waals surface area (Å²) in [5.41, 5.74) is 1.12. The fourth-order valence-electron chi connectivity index (χ4n) is 1.41. The SMILES string of the molecule is CCCc1c(Cl)ccnc1NCCNC. The van der Waals surface area contributed by atoms with Crippen LogP contribution < -0.4 is 10.6 Å². The Hall–Kier alpha value is -0.800. The molecule has 1 heterocycles. The molecule has 84 valence electrons. The first-order valence-corrected chi connectivity index (χ1v) is 5.69. The zero-order valence-corrected chi connectivity index (χ0v) is 10.1. The van der Waals surface area contributed by atoms with Gasteiger partial charge in [0.2, 0.25) is 0 Å². The van der Waals surface area contributed by atoms with E-state index in [9.17, 15) is 0 Å². The van der Waals surface area contributed by atoms with Crippen LogP contribution in [-0.4, -0.2) is 25.1 Å². The highest BCUT2D eigenvalue weighted by Gasteiger charge is 2.06. The normalized spacial score (nSPS) is 10.3. The van der Waals surface area contributed by atoms with Gasteiger partial charge in [-0.15, -0.1) is 0 Å². The Kier molecular flexibility index (Phi) is 5.43. The van der Waals surface area contributed by atoms with Crippen LogP contribution in [0.25, 0.3) is 0 Å². The summed E-state index contributed by atoms with van der Waals surface area (Å²) in [6, 6.07) is 1.84. The van der Waals surface area contributed by atoms with Crippen molar-refractivity contribution in [3.05, 3.63) is 22.8 Å². The highest BCUT2D eigenvalue weighted by atomic mass is 35.5. The van der Waals surface area contributed by atoms with Crippen molar-refractivity contribution in [3.63, 3.8) is 0 Å². The maximum absolute atomic E-state index is 6.13. The van der Waals surface area contributed by atoms with Crippen LogP contribution in [0, 0.1) is 0 Å². The van der Waals surface area contributed by atoms with Gasteiger partial charge in [-0.3, -0.25) is 0 Å². The third kappa shape index (κ3) is 3.68. The van der Waals surface area contributed by atoms with E-state index in [0.717, 1.165) is 42.3 Å². The van der Waals surface area contributed by atoms with Gasteiger partial charge in [-0.1, -0.05) is 24.9 Å². The first-order valence-electron chi connectivity index (χ1n) is 5.31. The van der Waals surface area contributed by atoms with Crippen LogP contribution in [0.2, 0.25) is 5.02 Å². The molecule has 0 saturated carbocycles. The van der Waals surface area contributed by atoms with Gasteiger partial charge in [0.1, 0.15) is 5.82 Å². The summed E-state index contributed by atoms with van der Waals surface area (Å²) in [7, 11) is 1.93. The number of nitrogens with zero attached hydrogens (tertiary/aromatic N) is 1. The molecule has 0 saturated heterocycles. The Morgan fingerprint density at radius 2 is 2.20 bits per heavy atom. The first-order chi connectivity index (χ1) is 7.29. The molecule has 0 bridgehead atoms. The van der Waals surface area contributed by atoms with Gasteiger partial charge < -0.3 is 10.6 Å². The van der Waals surface area contributed by atoms with Crippen LogP contribution in [0.15, 0.2) is 12.3 Å². The number of pyridine rings is 1. The van der Waals surface area contributed by atoms with Gasteiger partial charge in [0.15, 0.2) is 0 Å². The molecule has 2 N–H and O–H groups in total. The first kappa shape index (κ1) is 12.3. The summed E-state index contributed by atoms with van der Waals surface area (Å²) in [6.45, 7) is 3.92. The van der Waals surface area contributed by atoms with Gasteiger partial charge in [-0.25, -0.2) is 4.98 Å². The Balaban J connectivity index is 2.71. The van der Waals surface area contributed by atoms with Crippen LogP contribution in [0.1, 0.15) is 18.9 Å². The molecule has 0 unspecified atom stereocenters. The number of hydrogen-bond donors (Lipinski definition) is 2. The molecule has 1 aromatic heterocycles. The van der Waals surface area contributed by atoms with E-state index in [1.54, 1.807) is 6.20 Å². The van der Waals surface area contributed by atoms with Gasteiger partial charge >= 0.3 is 0 Å². The van der Waals surface area contributed by atoms with E-state index in [4.69, 9.17) is 11.6 Å². The minimum Gasteiger partial charge on any atom is -0.369 e. The van der Waals surface area contributed by atoms with Crippen molar-refractivity contribution in [2.24, 2.45) is 0 Å². The number of likely N-dealkylation sites (N-methyl/N-ethyl adjacent to an activating group) is 1. The smallest absolute Gasteiger partial charge is 0.130 e. The van der Waals surface area contributed by atoms with Gasteiger partial charge in [0, 0.05) is 29.9 Å². The fraction of sp³-hybridized carbons (Fsp3) is 0.545. The predicted octanol–water partition coefficient (Wildman–Crippen LogP) is 2.32. The molecule has 0 aliphatic carbocycles. The molecule has 15 heavy (non-hydrogen) atoms. The minimum absolute atomic E-state index is 0.804. The summed E-state index contributed by atoms with van der Waals surface area (Å²) < 4.78 is 0. The van der Waals surface area contributed by atoms with Crippen molar-refractivity contribution in [1.29, 1.82) is 0 Å². The Labute approximate surface area is 96.2 Å². The summed E-state index contributed by atoms with van der Waals surface area (Å²) >= 11 is 6.13. The molecule has 3 nitrogen and oxygen atoms in total. The van der Waals surface area contributed by atoms with Crippen molar-refractivity contribution >= 4 is 17.4 Å². The average molecular weight is 228 g/mol. The molecule has 1 aromatic rings. The summed E-state index contributed by atoms with van der Waals surface area (Å²) in [4.78, 5) is 4.31. The van der Waals surface area contributed by atoms with Gasteiger partial charge in [-0.2, -0.15) is 0 Å². The molecule has 0 aliphatic rings. The molecule has 0 radical (unpaired) electrons. The Morgan fingerprint density at radius 3 is 2.87 bits per heavy atom. The van der Waals surface area contributed by atoms with Gasteiger partial charge in [0.25, 0.3) is 0 Å². The molecule has 4 heteroatoms. The van der Waals surface area contributed by atoms with E-state index >= 15 is 0 Å². The number of halogens is 1. The molecular formula is C11H18ClN3. The lowest BCUT2D eigenvalue weighted by molar-refractivity contribution is 0.817. The van der Waals surface area contributed by atoms with E-state index in [1.165, 1.54) is 0 Å². The molecule has 0 fully saturated rings. The van der Waals surface area contributed by atoms with Crippen LogP contribution >= 0.6 is 11.6 Å². The number of aromatic nitrogens is 1. The van der Waals surface area contributed by atoms with Crippen LogP contribution in [-0.2, 0) is 6.42 Å². The maximum Gasteiger partial charge on any atom is 0.130 e. The molecule has 0 aromatic carbocycles. The summed E-state index contributed by atoms with van der Waals surface area (Å²) in [5, 5.41) is 7.17. The lowest BCUT2D eigenvalue weighted by Gasteiger charge is -2.11. The third-order valence-corrected chi connectivity index (χ3v) is 2.52. The Morgan fingerprint density at radius 1 is 1.40 bits per heavy atom. The fourth-order valence-corrected chi connectivity index (χ4v) is 1.66. The second-order valence-electron chi connectivity index (χ2n) is 3.40. The summed E-state index contributed by atoms with van der Waals surface area (Å²) in [5.74, 6) is 0.916. The van der Waals surface area contributed by atoms with Crippen molar-refractivity contribution in [3.8, 4) is 0 Å². The molecule has 1 rings (SSSR count). The lowest BCUT2D eigenvalue weighted by Crippen LogP contribution is -2.19. The highest BCUT2D eigenvalue weighted by Crippen LogP contribution is 2.23. The van der Waals surface area contributed by atoms with Crippen molar-refractivity contribution in [1.82, 2.24) is 10.3 Å². The van der Waals surface area contributed by atoms with Crippen molar-refractivity contribution in [2.45, 2.75) is 19.8 Å².